The van der Waals surface area contributed by atoms with Crippen LogP contribution in [0.3, 0.4) is 0 Å². The highest BCUT2D eigenvalue weighted by molar-refractivity contribution is 5.85. The molecular formula is C12H23ClN2O2. The van der Waals surface area contributed by atoms with Gasteiger partial charge in [-0.05, 0) is 52.0 Å². The zero-order valence-electron chi connectivity index (χ0n) is 10.8. The number of fused-ring (bicyclic) bond motifs is 2. The van der Waals surface area contributed by atoms with E-state index in [1.54, 1.807) is 0 Å². The molecule has 0 spiro atoms. The number of likely N-dealkylation sites (tertiary alicyclic amines) is 1. The van der Waals surface area contributed by atoms with Crippen LogP contribution in [0, 0.1) is 11.8 Å². The molecule has 1 saturated carbocycles. The second-order valence-electron chi connectivity index (χ2n) is 6.01. The number of piperidine rings is 1. The monoisotopic (exact) mass is 262 g/mol. The summed E-state index contributed by atoms with van der Waals surface area (Å²) in [6.45, 7) is 7.30. The summed E-state index contributed by atoms with van der Waals surface area (Å²) in [6.07, 6.45) is 2.01. The van der Waals surface area contributed by atoms with Crippen molar-refractivity contribution in [2.24, 2.45) is 17.6 Å². The zero-order chi connectivity index (χ0) is 11.9. The van der Waals surface area contributed by atoms with Crippen molar-refractivity contribution < 1.29 is 9.53 Å². The average Bonchev–Trinajstić information content (AvgIpc) is 2.72. The molecule has 1 aliphatic carbocycles. The van der Waals surface area contributed by atoms with Crippen molar-refractivity contribution in [2.75, 3.05) is 13.1 Å². The van der Waals surface area contributed by atoms with Gasteiger partial charge in [0.1, 0.15) is 5.60 Å². The van der Waals surface area contributed by atoms with E-state index in [0.717, 1.165) is 25.9 Å². The summed E-state index contributed by atoms with van der Waals surface area (Å²) < 4.78 is 5.40. The van der Waals surface area contributed by atoms with Gasteiger partial charge in [-0.3, -0.25) is 0 Å². The number of nitrogens with zero attached hydrogens (tertiary/aromatic N) is 1. The maximum absolute atomic E-state index is 11.9. The summed E-state index contributed by atoms with van der Waals surface area (Å²) in [6, 6.07) is 0.369. The number of hydrogen-bond donors (Lipinski definition) is 1. The van der Waals surface area contributed by atoms with Crippen LogP contribution in [-0.4, -0.2) is 35.7 Å². The van der Waals surface area contributed by atoms with Crippen LogP contribution in [0.4, 0.5) is 4.79 Å². The summed E-state index contributed by atoms with van der Waals surface area (Å²) in [4.78, 5) is 13.8. The highest BCUT2D eigenvalue weighted by Gasteiger charge is 2.46. The third-order valence-electron chi connectivity index (χ3n) is 3.62. The molecular weight excluding hydrogens is 240 g/mol. The molecule has 1 amide bonds. The molecule has 2 fully saturated rings. The Bertz CT molecular complexity index is 291. The molecule has 0 aromatic rings. The van der Waals surface area contributed by atoms with Crippen LogP contribution in [0.1, 0.15) is 33.6 Å². The minimum atomic E-state index is -0.397. The summed E-state index contributed by atoms with van der Waals surface area (Å²) in [7, 11) is 0. The van der Waals surface area contributed by atoms with E-state index in [9.17, 15) is 4.79 Å². The molecule has 2 bridgehead atoms. The topological polar surface area (TPSA) is 55.6 Å². The summed E-state index contributed by atoms with van der Waals surface area (Å²) in [5.41, 5.74) is 5.31. The number of carbonyl (C=O) groups is 1. The van der Waals surface area contributed by atoms with Crippen LogP contribution in [0.15, 0.2) is 0 Å². The summed E-state index contributed by atoms with van der Waals surface area (Å²) in [5.74, 6) is 1.21. The van der Waals surface area contributed by atoms with Gasteiger partial charge in [-0.15, -0.1) is 12.4 Å². The second kappa shape index (κ2) is 5.02. The lowest BCUT2D eigenvalue weighted by molar-refractivity contribution is 0.0164. The van der Waals surface area contributed by atoms with Crippen molar-refractivity contribution in [3.8, 4) is 0 Å². The van der Waals surface area contributed by atoms with Gasteiger partial charge in [0.2, 0.25) is 0 Å². The molecule has 3 atom stereocenters. The Morgan fingerprint density at radius 2 is 2.06 bits per heavy atom. The van der Waals surface area contributed by atoms with E-state index in [0.29, 0.717) is 17.9 Å². The molecule has 17 heavy (non-hydrogen) atoms. The molecule has 1 saturated heterocycles. The van der Waals surface area contributed by atoms with Crippen molar-refractivity contribution in [3.63, 3.8) is 0 Å². The van der Waals surface area contributed by atoms with Gasteiger partial charge >= 0.3 is 6.09 Å². The minimum absolute atomic E-state index is 0. The van der Waals surface area contributed by atoms with Crippen LogP contribution in [0.2, 0.25) is 0 Å². The Kier molecular flexibility index (Phi) is 4.31. The number of halogens is 1. The first kappa shape index (κ1) is 14.6. The van der Waals surface area contributed by atoms with Gasteiger partial charge in [0.15, 0.2) is 0 Å². The van der Waals surface area contributed by atoms with Gasteiger partial charge in [-0.25, -0.2) is 4.79 Å². The summed E-state index contributed by atoms with van der Waals surface area (Å²) >= 11 is 0. The fourth-order valence-electron chi connectivity index (χ4n) is 2.89. The molecule has 2 aliphatic rings. The van der Waals surface area contributed by atoms with Crippen LogP contribution in [0.25, 0.3) is 0 Å². The van der Waals surface area contributed by atoms with Gasteiger partial charge in [0, 0.05) is 12.6 Å². The van der Waals surface area contributed by atoms with Gasteiger partial charge in [-0.2, -0.15) is 0 Å². The molecule has 0 radical (unpaired) electrons. The molecule has 2 rings (SSSR count). The predicted octanol–water partition coefficient (Wildman–Crippen LogP) is 2.01. The molecule has 0 aromatic heterocycles. The zero-order valence-corrected chi connectivity index (χ0v) is 11.6. The van der Waals surface area contributed by atoms with E-state index < -0.39 is 5.60 Å². The number of amides is 1. The molecule has 5 heteroatoms. The first-order valence-electron chi connectivity index (χ1n) is 6.10. The van der Waals surface area contributed by atoms with Crippen LogP contribution in [-0.2, 0) is 4.74 Å². The Balaban J connectivity index is 0.00000144. The van der Waals surface area contributed by atoms with E-state index in [4.69, 9.17) is 10.5 Å². The molecule has 1 aliphatic heterocycles. The van der Waals surface area contributed by atoms with Crippen LogP contribution < -0.4 is 5.73 Å². The van der Waals surface area contributed by atoms with Crippen molar-refractivity contribution in [2.45, 2.75) is 45.3 Å². The lowest BCUT2D eigenvalue weighted by Crippen LogP contribution is -2.44. The van der Waals surface area contributed by atoms with E-state index >= 15 is 0 Å². The maximum Gasteiger partial charge on any atom is 0.410 e. The number of nitrogens with two attached hydrogens (primary N) is 1. The fraction of sp³-hybridized carbons (Fsp3) is 0.917. The second-order valence-corrected chi connectivity index (χ2v) is 6.01. The van der Waals surface area contributed by atoms with Crippen molar-refractivity contribution in [1.82, 2.24) is 4.90 Å². The van der Waals surface area contributed by atoms with Crippen LogP contribution in [0.5, 0.6) is 0 Å². The average molecular weight is 263 g/mol. The quantitative estimate of drug-likeness (QED) is 0.787. The molecule has 0 unspecified atom stereocenters. The molecule has 100 valence electrons. The van der Waals surface area contributed by atoms with E-state index in [1.807, 2.05) is 25.7 Å². The van der Waals surface area contributed by atoms with E-state index in [-0.39, 0.29) is 18.5 Å². The number of ether oxygens (including phenoxy) is 1. The number of carbonyl (C=O) groups excluding carboxylic acids is 1. The summed E-state index contributed by atoms with van der Waals surface area (Å²) in [5, 5.41) is 0. The van der Waals surface area contributed by atoms with Crippen molar-refractivity contribution in [1.29, 1.82) is 0 Å². The first-order chi connectivity index (χ1) is 7.40. The van der Waals surface area contributed by atoms with Crippen molar-refractivity contribution in [3.05, 3.63) is 0 Å². The number of rotatable bonds is 1. The highest BCUT2D eigenvalue weighted by Crippen LogP contribution is 2.41. The van der Waals surface area contributed by atoms with E-state index in [2.05, 4.69) is 0 Å². The van der Waals surface area contributed by atoms with Gasteiger partial charge in [-0.1, -0.05) is 0 Å². The maximum atomic E-state index is 11.9. The van der Waals surface area contributed by atoms with Crippen LogP contribution >= 0.6 is 12.4 Å². The standard InChI is InChI=1S/C12H22N2O2.ClH/c1-12(2,3)16-11(15)14-7-9-5-10(14)4-8(9)6-13;/h8-10H,4-7,13H2,1-3H3;1H/t8-,9-,10+;/m0./s1. The Hall–Kier alpha value is -0.480. The Labute approximate surface area is 109 Å². The third-order valence-corrected chi connectivity index (χ3v) is 3.62. The smallest absolute Gasteiger partial charge is 0.410 e. The van der Waals surface area contributed by atoms with Crippen molar-refractivity contribution >= 4 is 18.5 Å². The van der Waals surface area contributed by atoms with E-state index in [1.165, 1.54) is 0 Å². The lowest BCUT2D eigenvalue weighted by Gasteiger charge is -2.32. The van der Waals surface area contributed by atoms with Gasteiger partial charge in [0.25, 0.3) is 0 Å². The normalized spacial score (nSPS) is 31.3. The molecule has 0 aromatic carbocycles. The van der Waals surface area contributed by atoms with Gasteiger partial charge in [0.05, 0.1) is 0 Å². The largest absolute Gasteiger partial charge is 0.444 e. The lowest BCUT2D eigenvalue weighted by atomic mass is 9.95. The van der Waals surface area contributed by atoms with Gasteiger partial charge < -0.3 is 15.4 Å². The highest BCUT2D eigenvalue weighted by atomic mass is 35.5. The minimum Gasteiger partial charge on any atom is -0.444 e. The molecule has 4 nitrogen and oxygen atoms in total. The number of hydrogen-bond acceptors (Lipinski definition) is 3. The Morgan fingerprint density at radius 1 is 1.41 bits per heavy atom. The third kappa shape index (κ3) is 3.05. The molecule has 1 heterocycles. The predicted molar refractivity (Wildman–Crippen MR) is 69.2 cm³/mol. The molecule has 2 N–H and O–H groups in total. The first-order valence-corrected chi connectivity index (χ1v) is 6.10. The fourth-order valence-corrected chi connectivity index (χ4v) is 2.89. The Morgan fingerprint density at radius 3 is 2.47 bits per heavy atom. The SMILES string of the molecule is CC(C)(C)OC(=O)N1C[C@@H]2C[C@H]1C[C@H]2CN.Cl.